The van der Waals surface area contributed by atoms with Crippen molar-refractivity contribution in [3.05, 3.63) is 23.8 Å². The second kappa shape index (κ2) is 9.04. The zero-order valence-corrected chi connectivity index (χ0v) is 13.4. The lowest BCUT2D eigenvalue weighted by molar-refractivity contribution is -0.118. The third-order valence-electron chi connectivity index (χ3n) is 3.36. The van der Waals surface area contributed by atoms with Crippen molar-refractivity contribution < 1.29 is 14.3 Å². The lowest BCUT2D eigenvalue weighted by Crippen LogP contribution is -2.38. The molecule has 0 aliphatic heterocycles. The van der Waals surface area contributed by atoms with Gasteiger partial charge in [-0.25, -0.2) is 0 Å². The molecule has 1 aromatic rings. The largest absolute Gasteiger partial charge is 0.495 e. The highest BCUT2D eigenvalue weighted by atomic mass is 16.5. The van der Waals surface area contributed by atoms with Gasteiger partial charge in [-0.1, -0.05) is 6.92 Å². The second-order valence-corrected chi connectivity index (χ2v) is 5.07. The molecule has 4 N–H and O–H groups in total. The highest BCUT2D eigenvalue weighted by Crippen LogP contribution is 2.22. The number of hydrogen-bond acceptors (Lipinski definition) is 5. The number of ether oxygens (including phenoxy) is 1. The summed E-state index contributed by atoms with van der Waals surface area (Å²) in [5, 5.41) is 5.94. The van der Waals surface area contributed by atoms with Crippen LogP contribution in [0.5, 0.6) is 5.75 Å². The van der Waals surface area contributed by atoms with Crippen LogP contribution >= 0.6 is 0 Å². The molecule has 0 aromatic heterocycles. The van der Waals surface area contributed by atoms with Crippen LogP contribution in [-0.2, 0) is 4.79 Å². The Balaban J connectivity index is 2.56. The van der Waals surface area contributed by atoms with Gasteiger partial charge in [0, 0.05) is 19.0 Å². The normalized spacial score (nSPS) is 11.8. The smallest absolute Gasteiger partial charge is 0.216 e. The number of Topliss-reactive ketones (excluding diaryl/α,β-unsaturated/α-hetero) is 1. The summed E-state index contributed by atoms with van der Waals surface area (Å²) in [6.45, 7) is 4.70. The summed E-state index contributed by atoms with van der Waals surface area (Å²) in [6.07, 6.45) is 1.46. The van der Waals surface area contributed by atoms with Crippen LogP contribution in [0.1, 0.15) is 37.0 Å². The molecule has 0 saturated carbocycles. The maximum Gasteiger partial charge on any atom is 0.216 e. The van der Waals surface area contributed by atoms with E-state index < -0.39 is 0 Å². The van der Waals surface area contributed by atoms with E-state index in [1.165, 1.54) is 6.92 Å². The van der Waals surface area contributed by atoms with Crippen molar-refractivity contribution in [2.24, 2.45) is 0 Å². The van der Waals surface area contributed by atoms with Gasteiger partial charge in [-0.3, -0.25) is 9.59 Å². The molecule has 1 atom stereocenters. The molecule has 0 saturated heterocycles. The number of ketones is 1. The molecule has 1 rings (SSSR count). The van der Waals surface area contributed by atoms with E-state index in [9.17, 15) is 9.59 Å². The SMILES string of the molecule is CCC(NCCCNC(C)=O)C(=O)c1ccc(OC)c(N)c1. The van der Waals surface area contributed by atoms with Gasteiger partial charge in [0.15, 0.2) is 5.78 Å². The molecule has 122 valence electrons. The molecule has 0 fully saturated rings. The Hall–Kier alpha value is -2.08. The molecule has 1 unspecified atom stereocenters. The number of anilines is 1. The average molecular weight is 307 g/mol. The van der Waals surface area contributed by atoms with Crippen LogP contribution in [0.4, 0.5) is 5.69 Å². The van der Waals surface area contributed by atoms with E-state index in [0.717, 1.165) is 6.42 Å². The predicted octanol–water partition coefficient (Wildman–Crippen LogP) is 1.35. The highest BCUT2D eigenvalue weighted by Gasteiger charge is 2.18. The fourth-order valence-electron chi connectivity index (χ4n) is 2.14. The maximum absolute atomic E-state index is 12.5. The van der Waals surface area contributed by atoms with Crippen LogP contribution in [0.15, 0.2) is 18.2 Å². The van der Waals surface area contributed by atoms with Crippen LogP contribution < -0.4 is 21.1 Å². The van der Waals surface area contributed by atoms with Crippen molar-refractivity contribution in [1.29, 1.82) is 0 Å². The van der Waals surface area contributed by atoms with Gasteiger partial charge < -0.3 is 21.1 Å². The third kappa shape index (κ3) is 5.37. The molecule has 1 amide bonds. The highest BCUT2D eigenvalue weighted by molar-refractivity contribution is 6.01. The second-order valence-electron chi connectivity index (χ2n) is 5.07. The first kappa shape index (κ1) is 18.0. The number of carbonyl (C=O) groups is 2. The van der Waals surface area contributed by atoms with E-state index in [2.05, 4.69) is 10.6 Å². The summed E-state index contributed by atoms with van der Waals surface area (Å²) < 4.78 is 5.09. The van der Waals surface area contributed by atoms with Gasteiger partial charge in [-0.15, -0.1) is 0 Å². The van der Waals surface area contributed by atoms with Gasteiger partial charge in [0.25, 0.3) is 0 Å². The van der Waals surface area contributed by atoms with E-state index in [0.29, 0.717) is 36.5 Å². The van der Waals surface area contributed by atoms with E-state index in [1.54, 1.807) is 25.3 Å². The number of amides is 1. The van der Waals surface area contributed by atoms with Gasteiger partial charge in [0.05, 0.1) is 18.8 Å². The summed E-state index contributed by atoms with van der Waals surface area (Å²) in [6, 6.07) is 4.80. The lowest BCUT2D eigenvalue weighted by Gasteiger charge is -2.16. The van der Waals surface area contributed by atoms with Gasteiger partial charge >= 0.3 is 0 Å². The van der Waals surface area contributed by atoms with Gasteiger partial charge in [-0.05, 0) is 37.6 Å². The third-order valence-corrected chi connectivity index (χ3v) is 3.36. The fraction of sp³-hybridized carbons (Fsp3) is 0.500. The number of methoxy groups -OCH3 is 1. The van der Waals surface area contributed by atoms with Crippen LogP contribution in [0.2, 0.25) is 0 Å². The van der Waals surface area contributed by atoms with Crippen LogP contribution in [0.25, 0.3) is 0 Å². The Labute approximate surface area is 131 Å². The molecule has 0 radical (unpaired) electrons. The maximum atomic E-state index is 12.5. The van der Waals surface area contributed by atoms with E-state index in [-0.39, 0.29) is 17.7 Å². The first-order valence-corrected chi connectivity index (χ1v) is 7.45. The Morgan fingerprint density at radius 1 is 1.32 bits per heavy atom. The molecule has 0 aliphatic rings. The quantitative estimate of drug-likeness (QED) is 0.364. The zero-order chi connectivity index (χ0) is 16.5. The lowest BCUT2D eigenvalue weighted by atomic mass is 10.0. The average Bonchev–Trinajstić information content (AvgIpc) is 2.50. The van der Waals surface area contributed by atoms with Crippen molar-refractivity contribution in [3.63, 3.8) is 0 Å². The minimum atomic E-state index is -0.259. The Morgan fingerprint density at radius 3 is 2.59 bits per heavy atom. The molecule has 0 spiro atoms. The number of nitrogens with one attached hydrogen (secondary N) is 2. The monoisotopic (exact) mass is 307 g/mol. The standard InChI is InChI=1S/C16H25N3O3/c1-4-14(19-9-5-8-18-11(2)20)16(21)12-6-7-15(22-3)13(17)10-12/h6-7,10,14,19H,4-5,8-9,17H2,1-3H3,(H,18,20). The number of rotatable bonds is 9. The molecule has 0 bridgehead atoms. The molecule has 22 heavy (non-hydrogen) atoms. The minimum absolute atomic E-state index is 0.0105. The molecule has 1 aromatic carbocycles. The van der Waals surface area contributed by atoms with E-state index in [1.807, 2.05) is 6.92 Å². The van der Waals surface area contributed by atoms with Crippen LogP contribution in [-0.4, -0.2) is 37.9 Å². The summed E-state index contributed by atoms with van der Waals surface area (Å²) in [7, 11) is 1.54. The molecular weight excluding hydrogens is 282 g/mol. The molecule has 0 heterocycles. The number of hydrogen-bond donors (Lipinski definition) is 3. The van der Waals surface area contributed by atoms with Crippen molar-refractivity contribution in [1.82, 2.24) is 10.6 Å². The Bertz CT molecular complexity index is 517. The van der Waals surface area contributed by atoms with Gasteiger partial charge in [0.1, 0.15) is 5.75 Å². The zero-order valence-electron chi connectivity index (χ0n) is 13.4. The molecular formula is C16H25N3O3. The van der Waals surface area contributed by atoms with Crippen molar-refractivity contribution >= 4 is 17.4 Å². The topological polar surface area (TPSA) is 93.4 Å². The van der Waals surface area contributed by atoms with Gasteiger partial charge in [-0.2, -0.15) is 0 Å². The molecule has 6 nitrogen and oxygen atoms in total. The molecule has 0 aliphatic carbocycles. The Kier molecular flexibility index (Phi) is 7.39. The number of carbonyl (C=O) groups excluding carboxylic acids is 2. The summed E-state index contributed by atoms with van der Waals surface area (Å²) in [5.74, 6) is 0.529. The fourth-order valence-corrected chi connectivity index (χ4v) is 2.14. The van der Waals surface area contributed by atoms with Crippen molar-refractivity contribution in [2.75, 3.05) is 25.9 Å². The van der Waals surface area contributed by atoms with E-state index >= 15 is 0 Å². The van der Waals surface area contributed by atoms with Gasteiger partial charge in [0.2, 0.25) is 5.91 Å². The predicted molar refractivity (Wildman–Crippen MR) is 87.1 cm³/mol. The summed E-state index contributed by atoms with van der Waals surface area (Å²) in [4.78, 5) is 23.2. The number of nitrogens with two attached hydrogens (primary N) is 1. The number of benzene rings is 1. The molecule has 6 heteroatoms. The van der Waals surface area contributed by atoms with Crippen molar-refractivity contribution in [3.8, 4) is 5.75 Å². The van der Waals surface area contributed by atoms with Crippen molar-refractivity contribution in [2.45, 2.75) is 32.7 Å². The summed E-state index contributed by atoms with van der Waals surface area (Å²) in [5.41, 5.74) is 6.86. The van der Waals surface area contributed by atoms with E-state index in [4.69, 9.17) is 10.5 Å². The minimum Gasteiger partial charge on any atom is -0.495 e. The first-order chi connectivity index (χ1) is 10.5. The Morgan fingerprint density at radius 2 is 2.05 bits per heavy atom. The van der Waals surface area contributed by atoms with Crippen LogP contribution in [0.3, 0.4) is 0 Å². The first-order valence-electron chi connectivity index (χ1n) is 7.45. The number of nitrogen functional groups attached to an aromatic ring is 1. The summed E-state index contributed by atoms with van der Waals surface area (Å²) >= 11 is 0. The van der Waals surface area contributed by atoms with Crippen LogP contribution in [0, 0.1) is 0 Å².